The first-order valence-corrected chi connectivity index (χ1v) is 10.3. The maximum atomic E-state index is 12.6. The van der Waals surface area contributed by atoms with Crippen molar-refractivity contribution in [3.8, 4) is 5.69 Å². The summed E-state index contributed by atoms with van der Waals surface area (Å²) in [5.41, 5.74) is 3.04. The summed E-state index contributed by atoms with van der Waals surface area (Å²) in [6, 6.07) is 9.99. The van der Waals surface area contributed by atoms with Crippen LogP contribution in [0.2, 0.25) is 5.15 Å². The minimum absolute atomic E-state index is 0.197. The molecule has 2 aliphatic heterocycles. The summed E-state index contributed by atoms with van der Waals surface area (Å²) >= 11 is 6.66. The highest BCUT2D eigenvalue weighted by Crippen LogP contribution is 2.28. The molecule has 4 rings (SSSR count). The molecule has 27 heavy (non-hydrogen) atoms. The standard InChI is InChI=1S/C21H27ClN4O/c1-16-19(20(22)26(23-16)18-7-3-2-4-8-18)15-24-13-9-17(10-14-24)21(27)25-11-5-6-12-25/h2-4,7-8,17H,5-6,9-15H2,1H3. The Labute approximate surface area is 165 Å². The van der Waals surface area contributed by atoms with Crippen LogP contribution in [0.15, 0.2) is 30.3 Å². The van der Waals surface area contributed by atoms with Crippen LogP contribution in [0.4, 0.5) is 0 Å². The minimum atomic E-state index is 0.197. The van der Waals surface area contributed by atoms with Crippen molar-refractivity contribution in [2.24, 2.45) is 5.92 Å². The van der Waals surface area contributed by atoms with Crippen molar-refractivity contribution in [3.63, 3.8) is 0 Å². The number of nitrogens with zero attached hydrogens (tertiary/aromatic N) is 4. The second kappa shape index (κ2) is 8.03. The number of rotatable bonds is 4. The molecule has 0 unspecified atom stereocenters. The van der Waals surface area contributed by atoms with Crippen molar-refractivity contribution in [1.82, 2.24) is 19.6 Å². The molecule has 2 fully saturated rings. The number of halogens is 1. The molecule has 6 heteroatoms. The summed E-state index contributed by atoms with van der Waals surface area (Å²) in [6.07, 6.45) is 4.21. The highest BCUT2D eigenvalue weighted by Gasteiger charge is 2.30. The van der Waals surface area contributed by atoms with Crippen LogP contribution in [-0.4, -0.2) is 51.7 Å². The van der Waals surface area contributed by atoms with E-state index in [4.69, 9.17) is 11.6 Å². The van der Waals surface area contributed by atoms with E-state index in [0.29, 0.717) is 11.1 Å². The summed E-state index contributed by atoms with van der Waals surface area (Å²) in [5.74, 6) is 0.571. The van der Waals surface area contributed by atoms with Gasteiger partial charge in [0.1, 0.15) is 5.15 Å². The van der Waals surface area contributed by atoms with Crippen molar-refractivity contribution in [3.05, 3.63) is 46.7 Å². The van der Waals surface area contributed by atoms with Gasteiger partial charge in [0, 0.05) is 31.1 Å². The maximum Gasteiger partial charge on any atom is 0.225 e. The first kappa shape index (κ1) is 18.5. The van der Waals surface area contributed by atoms with Gasteiger partial charge < -0.3 is 4.90 Å². The number of para-hydroxylation sites is 1. The number of likely N-dealkylation sites (tertiary alicyclic amines) is 2. The zero-order valence-electron chi connectivity index (χ0n) is 15.9. The molecule has 1 amide bonds. The van der Waals surface area contributed by atoms with E-state index in [0.717, 1.165) is 75.4 Å². The van der Waals surface area contributed by atoms with Gasteiger partial charge in [0.15, 0.2) is 0 Å². The van der Waals surface area contributed by atoms with Crippen molar-refractivity contribution in [2.45, 2.75) is 39.2 Å². The lowest BCUT2D eigenvalue weighted by Gasteiger charge is -2.33. The van der Waals surface area contributed by atoms with Gasteiger partial charge in [-0.15, -0.1) is 0 Å². The Morgan fingerprint density at radius 1 is 1.11 bits per heavy atom. The Hall–Kier alpha value is -1.85. The highest BCUT2D eigenvalue weighted by molar-refractivity contribution is 6.30. The maximum absolute atomic E-state index is 12.6. The summed E-state index contributed by atoms with van der Waals surface area (Å²) < 4.78 is 1.82. The van der Waals surface area contributed by atoms with E-state index in [9.17, 15) is 4.79 Å². The topological polar surface area (TPSA) is 41.4 Å². The predicted octanol–water partition coefficient (Wildman–Crippen LogP) is 3.67. The molecule has 2 aromatic rings. The second-order valence-corrected chi connectivity index (χ2v) is 8.04. The molecule has 2 aliphatic rings. The quantitative estimate of drug-likeness (QED) is 0.805. The van der Waals surface area contributed by atoms with Crippen molar-refractivity contribution >= 4 is 17.5 Å². The van der Waals surface area contributed by atoms with Gasteiger partial charge in [0.2, 0.25) is 5.91 Å². The van der Waals surface area contributed by atoms with E-state index in [-0.39, 0.29) is 5.92 Å². The number of aryl methyl sites for hydroxylation is 1. The lowest BCUT2D eigenvalue weighted by molar-refractivity contribution is -0.136. The Bertz CT molecular complexity index is 790. The van der Waals surface area contributed by atoms with Crippen molar-refractivity contribution in [2.75, 3.05) is 26.2 Å². The number of piperidine rings is 1. The van der Waals surface area contributed by atoms with Gasteiger partial charge in [-0.2, -0.15) is 5.10 Å². The zero-order chi connectivity index (χ0) is 18.8. The molecule has 0 atom stereocenters. The zero-order valence-corrected chi connectivity index (χ0v) is 16.7. The molecule has 0 spiro atoms. The molecule has 2 saturated heterocycles. The lowest BCUT2D eigenvalue weighted by atomic mass is 9.95. The number of carbonyl (C=O) groups excluding carboxylic acids is 1. The minimum Gasteiger partial charge on any atom is -0.342 e. The Kier molecular flexibility index (Phi) is 5.50. The van der Waals surface area contributed by atoms with Crippen molar-refractivity contribution < 1.29 is 4.79 Å². The van der Waals surface area contributed by atoms with Gasteiger partial charge in [-0.1, -0.05) is 29.8 Å². The average molecular weight is 387 g/mol. The Morgan fingerprint density at radius 3 is 2.44 bits per heavy atom. The van der Waals surface area contributed by atoms with Crippen LogP contribution in [-0.2, 0) is 11.3 Å². The Morgan fingerprint density at radius 2 is 1.78 bits per heavy atom. The Balaban J connectivity index is 1.39. The fraction of sp³-hybridized carbons (Fsp3) is 0.524. The number of hydrogen-bond acceptors (Lipinski definition) is 3. The van der Waals surface area contributed by atoms with Gasteiger partial charge in [-0.25, -0.2) is 4.68 Å². The van der Waals surface area contributed by atoms with Crippen LogP contribution in [0.3, 0.4) is 0 Å². The number of hydrogen-bond donors (Lipinski definition) is 0. The van der Waals surface area contributed by atoms with Gasteiger partial charge in [0.25, 0.3) is 0 Å². The average Bonchev–Trinajstić information content (AvgIpc) is 3.33. The second-order valence-electron chi connectivity index (χ2n) is 7.68. The van der Waals surface area contributed by atoms with E-state index in [1.807, 2.05) is 41.9 Å². The first-order chi connectivity index (χ1) is 13.1. The third kappa shape index (κ3) is 3.90. The fourth-order valence-corrected chi connectivity index (χ4v) is 4.54. The number of benzene rings is 1. The molecule has 0 radical (unpaired) electrons. The molecular formula is C21H27ClN4O. The van der Waals surface area contributed by atoms with Gasteiger partial charge >= 0.3 is 0 Å². The fourth-order valence-electron chi connectivity index (χ4n) is 4.21. The van der Waals surface area contributed by atoms with Gasteiger partial charge in [0.05, 0.1) is 11.4 Å². The number of carbonyl (C=O) groups is 1. The third-order valence-electron chi connectivity index (χ3n) is 5.86. The van der Waals surface area contributed by atoms with E-state index >= 15 is 0 Å². The summed E-state index contributed by atoms with van der Waals surface area (Å²) in [5, 5.41) is 5.33. The molecule has 3 heterocycles. The number of amides is 1. The predicted molar refractivity (Wildman–Crippen MR) is 107 cm³/mol. The lowest BCUT2D eigenvalue weighted by Crippen LogP contribution is -2.41. The SMILES string of the molecule is Cc1nn(-c2ccccc2)c(Cl)c1CN1CCC(C(=O)N2CCCC2)CC1. The third-order valence-corrected chi connectivity index (χ3v) is 6.25. The van der Waals surface area contributed by atoms with E-state index < -0.39 is 0 Å². The molecule has 0 bridgehead atoms. The van der Waals surface area contributed by atoms with Crippen LogP contribution < -0.4 is 0 Å². The van der Waals surface area contributed by atoms with Crippen molar-refractivity contribution in [1.29, 1.82) is 0 Å². The first-order valence-electron chi connectivity index (χ1n) is 9.94. The largest absolute Gasteiger partial charge is 0.342 e. The summed E-state index contributed by atoms with van der Waals surface area (Å²) in [6.45, 7) is 6.60. The molecular weight excluding hydrogens is 360 g/mol. The smallest absolute Gasteiger partial charge is 0.225 e. The van der Waals surface area contributed by atoms with Crippen LogP contribution in [0, 0.1) is 12.8 Å². The molecule has 1 aromatic heterocycles. The van der Waals surface area contributed by atoms with E-state index in [1.165, 1.54) is 0 Å². The molecule has 0 aliphatic carbocycles. The summed E-state index contributed by atoms with van der Waals surface area (Å²) in [4.78, 5) is 17.1. The highest BCUT2D eigenvalue weighted by atomic mass is 35.5. The normalized spacial score (nSPS) is 19.0. The van der Waals surface area contributed by atoms with Gasteiger partial charge in [-0.05, 0) is 57.8 Å². The van der Waals surface area contributed by atoms with Crippen LogP contribution in [0.5, 0.6) is 0 Å². The van der Waals surface area contributed by atoms with Crippen LogP contribution in [0.1, 0.15) is 36.9 Å². The molecule has 1 aromatic carbocycles. The van der Waals surface area contributed by atoms with Crippen LogP contribution in [0.25, 0.3) is 5.69 Å². The molecule has 0 N–H and O–H groups in total. The van der Waals surface area contributed by atoms with Gasteiger partial charge in [-0.3, -0.25) is 9.69 Å². The number of aromatic nitrogens is 2. The molecule has 144 valence electrons. The van der Waals surface area contributed by atoms with Crippen LogP contribution >= 0.6 is 11.6 Å². The molecule has 0 saturated carbocycles. The van der Waals surface area contributed by atoms with E-state index in [2.05, 4.69) is 14.9 Å². The molecule has 5 nitrogen and oxygen atoms in total. The van der Waals surface area contributed by atoms with E-state index in [1.54, 1.807) is 0 Å². The monoisotopic (exact) mass is 386 g/mol. The summed E-state index contributed by atoms with van der Waals surface area (Å²) in [7, 11) is 0.